The summed E-state index contributed by atoms with van der Waals surface area (Å²) < 4.78 is 10.1. The van der Waals surface area contributed by atoms with Crippen LogP contribution in [0.15, 0.2) is 18.2 Å². The van der Waals surface area contributed by atoms with E-state index in [4.69, 9.17) is 14.6 Å². The monoisotopic (exact) mass is 307 g/mol. The summed E-state index contributed by atoms with van der Waals surface area (Å²) in [6.45, 7) is 0.830. The third kappa shape index (κ3) is 3.84. The van der Waals surface area contributed by atoms with Crippen LogP contribution in [0, 0.1) is 5.41 Å². The maximum atomic E-state index is 12.4. The molecule has 0 saturated heterocycles. The molecule has 0 aromatic heterocycles. The number of hydrogen-bond donors (Lipinski definition) is 2. The van der Waals surface area contributed by atoms with Gasteiger partial charge in [0.2, 0.25) is 5.91 Å². The highest BCUT2D eigenvalue weighted by Gasteiger charge is 2.49. The molecule has 120 valence electrons. The second-order valence-corrected chi connectivity index (χ2v) is 5.63. The van der Waals surface area contributed by atoms with Crippen LogP contribution in [0.3, 0.4) is 0 Å². The van der Waals surface area contributed by atoms with Crippen molar-refractivity contribution < 1.29 is 24.2 Å². The summed E-state index contributed by atoms with van der Waals surface area (Å²) in [7, 11) is 3.15. The molecule has 6 heteroatoms. The van der Waals surface area contributed by atoms with Crippen molar-refractivity contribution in [3.05, 3.63) is 29.3 Å². The molecular weight excluding hydrogens is 286 g/mol. The first-order valence-corrected chi connectivity index (χ1v) is 7.17. The molecule has 0 heterocycles. The Morgan fingerprint density at radius 3 is 2.50 bits per heavy atom. The highest BCUT2D eigenvalue weighted by Crippen LogP contribution is 2.49. The molecule has 0 radical (unpaired) electrons. The summed E-state index contributed by atoms with van der Waals surface area (Å²) in [6.07, 6.45) is 2.36. The fourth-order valence-electron chi connectivity index (χ4n) is 2.44. The lowest BCUT2D eigenvalue weighted by molar-refractivity contribution is -0.121. The minimum absolute atomic E-state index is 0.0737. The molecule has 2 N–H and O–H groups in total. The molecule has 1 amide bonds. The van der Waals surface area contributed by atoms with E-state index in [9.17, 15) is 9.59 Å². The van der Waals surface area contributed by atoms with Gasteiger partial charge in [-0.25, -0.2) is 4.79 Å². The van der Waals surface area contributed by atoms with Crippen molar-refractivity contribution in [3.63, 3.8) is 0 Å². The number of benzene rings is 1. The van der Waals surface area contributed by atoms with Crippen molar-refractivity contribution >= 4 is 17.6 Å². The number of carbonyl (C=O) groups is 2. The van der Waals surface area contributed by atoms with Gasteiger partial charge in [0.05, 0.1) is 17.6 Å². The van der Waals surface area contributed by atoms with Crippen molar-refractivity contribution in [2.24, 2.45) is 5.41 Å². The number of methoxy groups -OCH3 is 2. The Bertz CT molecular complexity index is 566. The Morgan fingerprint density at radius 1 is 1.23 bits per heavy atom. The zero-order chi connectivity index (χ0) is 16.2. The molecule has 1 aliphatic carbocycles. The lowest BCUT2D eigenvalue weighted by atomic mass is 10.0. The molecule has 0 aliphatic heterocycles. The molecule has 0 atom stereocenters. The van der Waals surface area contributed by atoms with Gasteiger partial charge in [-0.2, -0.15) is 0 Å². The predicted molar refractivity (Wildman–Crippen MR) is 80.9 cm³/mol. The third-order valence-electron chi connectivity index (χ3n) is 3.93. The zero-order valence-corrected chi connectivity index (χ0v) is 12.8. The highest BCUT2D eigenvalue weighted by molar-refractivity contribution is 5.98. The minimum Gasteiger partial charge on any atom is -0.478 e. The molecule has 1 aromatic rings. The number of nitrogens with one attached hydrogen (secondary N) is 1. The topological polar surface area (TPSA) is 84.9 Å². The van der Waals surface area contributed by atoms with Gasteiger partial charge in [0.25, 0.3) is 0 Å². The van der Waals surface area contributed by atoms with Gasteiger partial charge in [-0.15, -0.1) is 0 Å². The molecular formula is C16H21NO5. The SMILES string of the molecule is COCCC1(C(=O)Nc2cc(COC)cc(C(=O)O)c2)CC1. The lowest BCUT2D eigenvalue weighted by Crippen LogP contribution is -2.25. The van der Waals surface area contributed by atoms with E-state index in [1.54, 1.807) is 19.2 Å². The molecule has 1 saturated carbocycles. The van der Waals surface area contributed by atoms with Crippen LogP contribution in [0.4, 0.5) is 5.69 Å². The van der Waals surface area contributed by atoms with Crippen LogP contribution in [0.25, 0.3) is 0 Å². The molecule has 1 aliphatic rings. The predicted octanol–water partition coefficient (Wildman–Crippen LogP) is 2.29. The molecule has 1 aromatic carbocycles. The molecule has 22 heavy (non-hydrogen) atoms. The third-order valence-corrected chi connectivity index (χ3v) is 3.93. The second kappa shape index (κ2) is 6.89. The van der Waals surface area contributed by atoms with Gasteiger partial charge >= 0.3 is 5.97 Å². The standard InChI is InChI=1S/C16H21NO5/c1-21-6-5-16(3-4-16)15(20)17-13-8-11(10-22-2)7-12(9-13)14(18)19/h7-9H,3-6,10H2,1-2H3,(H,17,20)(H,18,19). The maximum Gasteiger partial charge on any atom is 0.335 e. The molecule has 6 nitrogen and oxygen atoms in total. The number of anilines is 1. The normalized spacial score (nSPS) is 15.4. The molecule has 0 bridgehead atoms. The smallest absolute Gasteiger partial charge is 0.335 e. The average molecular weight is 307 g/mol. The van der Waals surface area contributed by atoms with Crippen molar-refractivity contribution in [2.45, 2.75) is 25.9 Å². The number of hydrogen-bond acceptors (Lipinski definition) is 4. The molecule has 0 unspecified atom stereocenters. The van der Waals surface area contributed by atoms with E-state index in [1.165, 1.54) is 13.2 Å². The van der Waals surface area contributed by atoms with Crippen molar-refractivity contribution in [2.75, 3.05) is 26.1 Å². The minimum atomic E-state index is -1.03. The van der Waals surface area contributed by atoms with Crippen LogP contribution >= 0.6 is 0 Å². The summed E-state index contributed by atoms with van der Waals surface area (Å²) in [5.74, 6) is -1.11. The van der Waals surface area contributed by atoms with Gasteiger partial charge in [-0.1, -0.05) is 0 Å². The number of aromatic carboxylic acids is 1. The van der Waals surface area contributed by atoms with E-state index < -0.39 is 5.97 Å². The fourth-order valence-corrected chi connectivity index (χ4v) is 2.44. The Kier molecular flexibility index (Phi) is 5.15. The maximum absolute atomic E-state index is 12.4. The summed E-state index contributed by atoms with van der Waals surface area (Å²) in [6, 6.07) is 4.74. The van der Waals surface area contributed by atoms with Gasteiger partial charge in [-0.3, -0.25) is 4.79 Å². The number of amides is 1. The molecule has 0 spiro atoms. The fraction of sp³-hybridized carbons (Fsp3) is 0.500. The van der Waals surface area contributed by atoms with Crippen LogP contribution in [0.5, 0.6) is 0 Å². The van der Waals surface area contributed by atoms with Crippen molar-refractivity contribution in [1.82, 2.24) is 0 Å². The van der Waals surface area contributed by atoms with Gasteiger partial charge in [0.1, 0.15) is 0 Å². The Morgan fingerprint density at radius 2 is 1.95 bits per heavy atom. The summed E-state index contributed by atoms with van der Waals surface area (Å²) >= 11 is 0. The van der Waals surface area contributed by atoms with Crippen LogP contribution in [0.2, 0.25) is 0 Å². The summed E-state index contributed by atoms with van der Waals surface area (Å²) in [4.78, 5) is 23.6. The number of carbonyl (C=O) groups excluding carboxylic acids is 1. The van der Waals surface area contributed by atoms with Gasteiger partial charge in [0, 0.05) is 26.5 Å². The zero-order valence-electron chi connectivity index (χ0n) is 12.8. The molecule has 1 fully saturated rings. The quantitative estimate of drug-likeness (QED) is 0.769. The average Bonchev–Trinajstić information content (AvgIpc) is 3.26. The van der Waals surface area contributed by atoms with Crippen molar-refractivity contribution in [3.8, 4) is 0 Å². The van der Waals surface area contributed by atoms with E-state index in [0.29, 0.717) is 30.9 Å². The first kappa shape index (κ1) is 16.5. The largest absolute Gasteiger partial charge is 0.478 e. The number of carboxylic acid groups (broad SMARTS) is 1. The van der Waals surface area contributed by atoms with E-state index in [0.717, 1.165) is 12.8 Å². The lowest BCUT2D eigenvalue weighted by Gasteiger charge is -2.16. The van der Waals surface area contributed by atoms with Crippen molar-refractivity contribution in [1.29, 1.82) is 0 Å². The van der Waals surface area contributed by atoms with Crippen LogP contribution in [0.1, 0.15) is 35.2 Å². The van der Waals surface area contributed by atoms with Gasteiger partial charge < -0.3 is 19.9 Å². The van der Waals surface area contributed by atoms with E-state index in [-0.39, 0.29) is 16.9 Å². The highest BCUT2D eigenvalue weighted by atomic mass is 16.5. The first-order valence-electron chi connectivity index (χ1n) is 7.17. The molecule has 2 rings (SSSR count). The van der Waals surface area contributed by atoms with E-state index >= 15 is 0 Å². The summed E-state index contributed by atoms with van der Waals surface area (Å²) in [5, 5.41) is 12.0. The Hall–Kier alpha value is -1.92. The number of rotatable bonds is 8. The Balaban J connectivity index is 2.14. The van der Waals surface area contributed by atoms with Gasteiger partial charge in [-0.05, 0) is 43.0 Å². The second-order valence-electron chi connectivity index (χ2n) is 5.63. The van der Waals surface area contributed by atoms with Crippen LogP contribution in [-0.2, 0) is 20.9 Å². The van der Waals surface area contributed by atoms with E-state index in [2.05, 4.69) is 5.32 Å². The van der Waals surface area contributed by atoms with Crippen LogP contribution in [-0.4, -0.2) is 37.8 Å². The number of carboxylic acids is 1. The van der Waals surface area contributed by atoms with E-state index in [1.807, 2.05) is 0 Å². The number of ether oxygens (including phenoxy) is 2. The summed E-state index contributed by atoms with van der Waals surface area (Å²) in [5.41, 5.74) is 0.961. The Labute approximate surface area is 129 Å². The first-order chi connectivity index (χ1) is 10.5. The van der Waals surface area contributed by atoms with Gasteiger partial charge in [0.15, 0.2) is 0 Å². The van der Waals surface area contributed by atoms with Crippen LogP contribution < -0.4 is 5.32 Å².